The molecule has 2 rings (SSSR count). The van der Waals surface area contributed by atoms with Crippen molar-refractivity contribution in [2.75, 3.05) is 5.32 Å². The zero-order valence-electron chi connectivity index (χ0n) is 10.8. The Balaban J connectivity index is 1.98. The first-order chi connectivity index (χ1) is 10.3. The number of ether oxygens (including phenoxy) is 1. The van der Waals surface area contributed by atoms with Crippen LogP contribution in [-0.4, -0.2) is 21.6 Å². The molecule has 0 bridgehead atoms. The molecule has 0 atom stereocenters. The Morgan fingerprint density at radius 3 is 2.50 bits per heavy atom. The molecule has 0 unspecified atom stereocenters. The molecule has 0 aromatic carbocycles. The van der Waals surface area contributed by atoms with Crippen molar-refractivity contribution < 1.29 is 26.7 Å². The summed E-state index contributed by atoms with van der Waals surface area (Å²) in [6, 6.07) is 3.40. The molecule has 2 aromatic heterocycles. The third-order valence-corrected chi connectivity index (χ3v) is 2.40. The van der Waals surface area contributed by atoms with Crippen LogP contribution >= 0.6 is 0 Å². The summed E-state index contributed by atoms with van der Waals surface area (Å²) in [5.41, 5.74) is -0.679. The molecule has 0 saturated heterocycles. The maximum Gasteiger partial charge on any atom is 0.433 e. The number of nitrogens with zero attached hydrogens (tertiary/aromatic N) is 3. The molecule has 0 saturated carbocycles. The summed E-state index contributed by atoms with van der Waals surface area (Å²) in [6.07, 6.45) is -2.51. The van der Waals surface area contributed by atoms with E-state index in [1.54, 1.807) is 0 Å². The summed E-state index contributed by atoms with van der Waals surface area (Å²) in [7, 11) is 0. The van der Waals surface area contributed by atoms with Crippen LogP contribution in [0.15, 0.2) is 30.6 Å². The fourth-order valence-corrected chi connectivity index (χ4v) is 1.46. The monoisotopic (exact) mass is 320 g/mol. The molecule has 0 aliphatic heterocycles. The molecule has 0 spiro atoms. The Morgan fingerprint density at radius 1 is 1.14 bits per heavy atom. The van der Waals surface area contributed by atoms with E-state index in [0.717, 1.165) is 18.5 Å². The smallest absolute Gasteiger partial charge is 0.433 e. The van der Waals surface area contributed by atoms with Crippen molar-refractivity contribution in [1.82, 2.24) is 15.0 Å². The van der Waals surface area contributed by atoms with Gasteiger partial charge in [-0.05, 0) is 18.2 Å². The number of alkyl halides is 5. The summed E-state index contributed by atoms with van der Waals surface area (Å²) < 4.78 is 65.4. The molecule has 22 heavy (non-hydrogen) atoms. The SMILES string of the molecule is FC(F)Oc1ccc(CNc2nccc(C(F)(F)F)n2)nc1. The molecule has 2 heterocycles. The summed E-state index contributed by atoms with van der Waals surface area (Å²) in [4.78, 5) is 10.8. The highest BCUT2D eigenvalue weighted by Gasteiger charge is 2.32. The Labute approximate surface area is 121 Å². The molecule has 2 aromatic rings. The van der Waals surface area contributed by atoms with E-state index in [9.17, 15) is 22.0 Å². The van der Waals surface area contributed by atoms with Gasteiger partial charge in [-0.3, -0.25) is 4.98 Å². The minimum atomic E-state index is -4.56. The van der Waals surface area contributed by atoms with Crippen molar-refractivity contribution in [3.05, 3.63) is 42.0 Å². The lowest BCUT2D eigenvalue weighted by Gasteiger charge is -2.09. The van der Waals surface area contributed by atoms with Crippen molar-refractivity contribution in [2.45, 2.75) is 19.3 Å². The molecule has 10 heteroatoms. The average Bonchev–Trinajstić information content (AvgIpc) is 2.45. The van der Waals surface area contributed by atoms with Gasteiger partial charge in [0.15, 0.2) is 0 Å². The van der Waals surface area contributed by atoms with Crippen LogP contribution in [0.1, 0.15) is 11.4 Å². The van der Waals surface area contributed by atoms with Crippen LogP contribution in [0.3, 0.4) is 0 Å². The van der Waals surface area contributed by atoms with Crippen LogP contribution in [0.2, 0.25) is 0 Å². The second kappa shape index (κ2) is 6.50. The molecule has 0 aliphatic carbocycles. The van der Waals surface area contributed by atoms with E-state index in [2.05, 4.69) is 25.0 Å². The normalized spacial score (nSPS) is 11.5. The fourth-order valence-electron chi connectivity index (χ4n) is 1.46. The predicted molar refractivity (Wildman–Crippen MR) is 65.2 cm³/mol. The number of hydrogen-bond donors (Lipinski definition) is 1. The van der Waals surface area contributed by atoms with Crippen LogP contribution in [0.25, 0.3) is 0 Å². The predicted octanol–water partition coefficient (Wildman–Crippen LogP) is 3.10. The summed E-state index contributed by atoms with van der Waals surface area (Å²) in [6.45, 7) is -2.93. The zero-order valence-corrected chi connectivity index (χ0v) is 10.8. The van der Waals surface area contributed by atoms with Gasteiger partial charge in [-0.15, -0.1) is 0 Å². The van der Waals surface area contributed by atoms with Gasteiger partial charge in [0, 0.05) is 6.20 Å². The Bertz CT molecular complexity index is 618. The minimum Gasteiger partial charge on any atom is -0.433 e. The lowest BCUT2D eigenvalue weighted by atomic mass is 10.3. The number of nitrogens with one attached hydrogen (secondary N) is 1. The van der Waals surface area contributed by atoms with E-state index in [1.165, 1.54) is 12.1 Å². The Kier molecular flexibility index (Phi) is 4.68. The molecule has 118 valence electrons. The minimum absolute atomic E-state index is 0.0241. The van der Waals surface area contributed by atoms with Crippen LogP contribution in [0.5, 0.6) is 5.75 Å². The van der Waals surface area contributed by atoms with Crippen molar-refractivity contribution >= 4 is 5.95 Å². The zero-order chi connectivity index (χ0) is 16.2. The largest absolute Gasteiger partial charge is 0.433 e. The molecular formula is C12H9F5N4O. The summed E-state index contributed by atoms with van der Waals surface area (Å²) in [5, 5.41) is 2.56. The third-order valence-electron chi connectivity index (χ3n) is 2.40. The second-order valence-corrected chi connectivity index (χ2v) is 3.98. The highest BCUT2D eigenvalue weighted by Crippen LogP contribution is 2.27. The van der Waals surface area contributed by atoms with Crippen LogP contribution in [-0.2, 0) is 12.7 Å². The highest BCUT2D eigenvalue weighted by atomic mass is 19.4. The van der Waals surface area contributed by atoms with Crippen molar-refractivity contribution in [2.24, 2.45) is 0 Å². The molecule has 0 fully saturated rings. The van der Waals surface area contributed by atoms with Gasteiger partial charge in [0.05, 0.1) is 18.4 Å². The van der Waals surface area contributed by atoms with Crippen LogP contribution < -0.4 is 10.1 Å². The fraction of sp³-hybridized carbons (Fsp3) is 0.250. The van der Waals surface area contributed by atoms with E-state index in [1.807, 2.05) is 0 Å². The Hall–Kier alpha value is -2.52. The van der Waals surface area contributed by atoms with Crippen LogP contribution in [0, 0.1) is 0 Å². The van der Waals surface area contributed by atoms with Gasteiger partial charge in [0.1, 0.15) is 11.4 Å². The maximum atomic E-state index is 12.5. The quantitative estimate of drug-likeness (QED) is 0.858. The molecule has 0 aliphatic rings. The molecular weight excluding hydrogens is 311 g/mol. The molecule has 0 amide bonds. The van der Waals surface area contributed by atoms with Gasteiger partial charge in [-0.1, -0.05) is 0 Å². The molecule has 0 radical (unpaired) electrons. The van der Waals surface area contributed by atoms with Gasteiger partial charge >= 0.3 is 12.8 Å². The Morgan fingerprint density at radius 2 is 1.91 bits per heavy atom. The topological polar surface area (TPSA) is 59.9 Å². The van der Waals surface area contributed by atoms with Gasteiger partial charge < -0.3 is 10.1 Å². The first-order valence-corrected chi connectivity index (χ1v) is 5.88. The van der Waals surface area contributed by atoms with E-state index >= 15 is 0 Å². The number of pyridine rings is 1. The van der Waals surface area contributed by atoms with Gasteiger partial charge in [0.25, 0.3) is 0 Å². The lowest BCUT2D eigenvalue weighted by Crippen LogP contribution is -2.12. The van der Waals surface area contributed by atoms with E-state index in [4.69, 9.17) is 0 Å². The summed E-state index contributed by atoms with van der Waals surface area (Å²) >= 11 is 0. The first-order valence-electron chi connectivity index (χ1n) is 5.88. The molecule has 5 nitrogen and oxygen atoms in total. The van der Waals surface area contributed by atoms with E-state index < -0.39 is 18.5 Å². The van der Waals surface area contributed by atoms with Gasteiger partial charge in [0.2, 0.25) is 5.95 Å². The standard InChI is InChI=1S/C12H9F5N4O/c13-10(14)22-8-2-1-7(19-6-8)5-20-11-18-4-3-9(21-11)12(15,16)17/h1-4,6,10H,5H2,(H,18,20,21). The number of aromatic nitrogens is 3. The second-order valence-electron chi connectivity index (χ2n) is 3.98. The number of rotatable bonds is 5. The van der Waals surface area contributed by atoms with Crippen molar-refractivity contribution in [1.29, 1.82) is 0 Å². The van der Waals surface area contributed by atoms with Crippen molar-refractivity contribution in [3.8, 4) is 5.75 Å². The highest BCUT2D eigenvalue weighted by molar-refractivity contribution is 5.28. The van der Waals surface area contributed by atoms with E-state index in [-0.39, 0.29) is 18.2 Å². The first kappa shape index (κ1) is 15.9. The number of anilines is 1. The molecule has 1 N–H and O–H groups in total. The number of hydrogen-bond acceptors (Lipinski definition) is 5. The third kappa shape index (κ3) is 4.50. The van der Waals surface area contributed by atoms with Gasteiger partial charge in [-0.2, -0.15) is 22.0 Å². The van der Waals surface area contributed by atoms with Crippen molar-refractivity contribution in [3.63, 3.8) is 0 Å². The van der Waals surface area contributed by atoms with Gasteiger partial charge in [-0.25, -0.2) is 9.97 Å². The van der Waals surface area contributed by atoms with Crippen LogP contribution in [0.4, 0.5) is 27.9 Å². The average molecular weight is 320 g/mol. The maximum absolute atomic E-state index is 12.5. The summed E-state index contributed by atoms with van der Waals surface area (Å²) in [5.74, 6) is -0.335. The lowest BCUT2D eigenvalue weighted by molar-refractivity contribution is -0.141. The van der Waals surface area contributed by atoms with E-state index in [0.29, 0.717) is 5.69 Å². The number of halogens is 5.